The Labute approximate surface area is 129 Å². The molecule has 122 valence electrons. The number of rotatable bonds is 4. The molecule has 0 radical (unpaired) electrons. The Morgan fingerprint density at radius 2 is 1.86 bits per heavy atom. The summed E-state index contributed by atoms with van der Waals surface area (Å²) in [6.45, 7) is 10.9. The summed E-state index contributed by atoms with van der Waals surface area (Å²) < 4.78 is 22.8. The smallest absolute Gasteiger partial charge is 0.333 e. The predicted octanol–water partition coefficient (Wildman–Crippen LogP) is 1.23. The van der Waals surface area contributed by atoms with Gasteiger partial charge in [0.25, 0.3) is 0 Å². The van der Waals surface area contributed by atoms with Gasteiger partial charge in [0.1, 0.15) is 17.8 Å². The molecule has 0 aromatic carbocycles. The molecule has 3 saturated heterocycles. The number of ether oxygens (including phenoxy) is 4. The van der Waals surface area contributed by atoms with Gasteiger partial charge in [-0.2, -0.15) is 0 Å². The summed E-state index contributed by atoms with van der Waals surface area (Å²) in [5, 5.41) is 0. The zero-order valence-corrected chi connectivity index (χ0v) is 13.3. The third-order valence-corrected chi connectivity index (χ3v) is 4.81. The fraction of sp³-hybridized carbons (Fsp3) is 0.750. The summed E-state index contributed by atoms with van der Waals surface area (Å²) >= 11 is 0. The van der Waals surface area contributed by atoms with E-state index in [0.29, 0.717) is 12.2 Å². The van der Waals surface area contributed by atoms with E-state index in [2.05, 4.69) is 6.58 Å². The maximum Gasteiger partial charge on any atom is 0.333 e. The van der Waals surface area contributed by atoms with Crippen LogP contribution in [0, 0.1) is 11.8 Å². The molecule has 0 saturated carbocycles. The standard InChI is InChI=1S/C16H22O6/c1-7(2)15(18)21-14-12-10(16(4,5)22-8(3)17)9-6-19-13(14)11(9)20-12/h9-14H,1,6H2,2-5H3. The SMILES string of the molecule is C=C(C)C(=O)OC1C2OCC3C2OC1C3C(C)(C)OC(C)=O. The van der Waals surface area contributed by atoms with Crippen molar-refractivity contribution in [2.24, 2.45) is 11.8 Å². The lowest BCUT2D eigenvalue weighted by atomic mass is 9.71. The van der Waals surface area contributed by atoms with Crippen molar-refractivity contribution in [1.82, 2.24) is 0 Å². The molecule has 3 aliphatic rings. The lowest BCUT2D eigenvalue weighted by molar-refractivity contribution is -0.169. The topological polar surface area (TPSA) is 71.1 Å². The van der Waals surface area contributed by atoms with Gasteiger partial charge in [-0.3, -0.25) is 4.79 Å². The maximum atomic E-state index is 11.9. The van der Waals surface area contributed by atoms with Crippen molar-refractivity contribution in [3.05, 3.63) is 12.2 Å². The van der Waals surface area contributed by atoms with Crippen LogP contribution in [0.4, 0.5) is 0 Å². The fourth-order valence-electron chi connectivity index (χ4n) is 4.11. The second-order valence-corrected chi connectivity index (χ2v) is 6.90. The molecule has 3 fully saturated rings. The van der Waals surface area contributed by atoms with E-state index in [9.17, 15) is 9.59 Å². The van der Waals surface area contributed by atoms with Crippen molar-refractivity contribution >= 4 is 11.9 Å². The molecule has 0 amide bonds. The van der Waals surface area contributed by atoms with E-state index in [1.54, 1.807) is 6.92 Å². The van der Waals surface area contributed by atoms with Gasteiger partial charge < -0.3 is 18.9 Å². The molecular weight excluding hydrogens is 288 g/mol. The van der Waals surface area contributed by atoms with Crippen LogP contribution in [0.15, 0.2) is 12.2 Å². The van der Waals surface area contributed by atoms with Gasteiger partial charge in [0, 0.05) is 24.3 Å². The van der Waals surface area contributed by atoms with Gasteiger partial charge in [0.15, 0.2) is 6.10 Å². The van der Waals surface area contributed by atoms with Gasteiger partial charge in [-0.15, -0.1) is 0 Å². The van der Waals surface area contributed by atoms with Gasteiger partial charge in [0.05, 0.1) is 12.7 Å². The lowest BCUT2D eigenvalue weighted by Crippen LogP contribution is -2.53. The van der Waals surface area contributed by atoms with E-state index in [1.165, 1.54) is 6.92 Å². The zero-order chi connectivity index (χ0) is 16.2. The van der Waals surface area contributed by atoms with E-state index >= 15 is 0 Å². The number of esters is 2. The average Bonchev–Trinajstić information content (AvgIpc) is 2.97. The summed E-state index contributed by atoms with van der Waals surface area (Å²) in [4.78, 5) is 23.3. The first-order chi connectivity index (χ1) is 10.2. The van der Waals surface area contributed by atoms with Gasteiger partial charge in [-0.25, -0.2) is 4.79 Å². The normalized spacial score (nSPS) is 38.9. The molecule has 6 atom stereocenters. The number of hydrogen-bond donors (Lipinski definition) is 0. The highest BCUT2D eigenvalue weighted by atomic mass is 16.6. The molecule has 6 unspecified atom stereocenters. The summed E-state index contributed by atoms with van der Waals surface area (Å²) in [5.41, 5.74) is -0.365. The second kappa shape index (κ2) is 5.06. The third-order valence-electron chi connectivity index (χ3n) is 4.81. The highest BCUT2D eigenvalue weighted by Crippen LogP contribution is 2.54. The molecule has 0 aliphatic carbocycles. The molecule has 2 bridgehead atoms. The number of fused-ring (bicyclic) bond motifs is 1. The quantitative estimate of drug-likeness (QED) is 0.574. The Bertz CT molecular complexity index is 525. The Morgan fingerprint density at radius 1 is 1.18 bits per heavy atom. The van der Waals surface area contributed by atoms with Gasteiger partial charge in [-0.1, -0.05) is 6.58 Å². The Balaban J connectivity index is 1.84. The first-order valence-corrected chi connectivity index (χ1v) is 7.55. The van der Waals surface area contributed by atoms with E-state index in [-0.39, 0.29) is 36.1 Å². The van der Waals surface area contributed by atoms with Crippen LogP contribution in [0.5, 0.6) is 0 Å². The highest BCUT2D eigenvalue weighted by molar-refractivity contribution is 5.87. The minimum Gasteiger partial charge on any atom is -0.459 e. The van der Waals surface area contributed by atoms with Crippen LogP contribution in [-0.2, 0) is 28.5 Å². The lowest BCUT2D eigenvalue weighted by Gasteiger charge is -2.39. The molecule has 3 heterocycles. The van der Waals surface area contributed by atoms with Crippen LogP contribution in [-0.4, -0.2) is 48.6 Å². The van der Waals surface area contributed by atoms with Crippen LogP contribution >= 0.6 is 0 Å². The summed E-state index contributed by atoms with van der Waals surface area (Å²) in [7, 11) is 0. The molecule has 3 aliphatic heterocycles. The number of carbonyl (C=O) groups is 2. The first-order valence-electron chi connectivity index (χ1n) is 7.55. The Morgan fingerprint density at radius 3 is 2.45 bits per heavy atom. The summed E-state index contributed by atoms with van der Waals surface area (Å²) in [6, 6.07) is 0. The fourth-order valence-corrected chi connectivity index (χ4v) is 4.11. The first kappa shape index (κ1) is 15.5. The van der Waals surface area contributed by atoms with Crippen molar-refractivity contribution in [3.63, 3.8) is 0 Å². The van der Waals surface area contributed by atoms with Crippen LogP contribution in [0.2, 0.25) is 0 Å². The molecule has 0 N–H and O–H groups in total. The largest absolute Gasteiger partial charge is 0.459 e. The summed E-state index contributed by atoms with van der Waals surface area (Å²) in [5.74, 6) is -0.692. The Hall–Kier alpha value is -1.40. The molecule has 0 aromatic rings. The van der Waals surface area contributed by atoms with E-state index in [4.69, 9.17) is 18.9 Å². The van der Waals surface area contributed by atoms with Crippen LogP contribution in [0.25, 0.3) is 0 Å². The minimum atomic E-state index is -0.706. The summed E-state index contributed by atoms with van der Waals surface area (Å²) in [6.07, 6.45) is -1.14. The van der Waals surface area contributed by atoms with Gasteiger partial charge in [0.2, 0.25) is 0 Å². The molecule has 6 heteroatoms. The van der Waals surface area contributed by atoms with Crippen molar-refractivity contribution in [2.75, 3.05) is 6.61 Å². The van der Waals surface area contributed by atoms with Crippen LogP contribution in [0.3, 0.4) is 0 Å². The van der Waals surface area contributed by atoms with Crippen molar-refractivity contribution < 1.29 is 28.5 Å². The molecular formula is C16H22O6. The maximum absolute atomic E-state index is 11.9. The van der Waals surface area contributed by atoms with Crippen molar-refractivity contribution in [2.45, 2.75) is 57.7 Å². The van der Waals surface area contributed by atoms with Gasteiger partial charge >= 0.3 is 11.9 Å². The van der Waals surface area contributed by atoms with Crippen molar-refractivity contribution in [1.29, 1.82) is 0 Å². The van der Waals surface area contributed by atoms with E-state index in [1.807, 2.05) is 13.8 Å². The molecule has 0 spiro atoms. The number of carbonyl (C=O) groups excluding carboxylic acids is 2. The van der Waals surface area contributed by atoms with E-state index < -0.39 is 17.7 Å². The zero-order valence-electron chi connectivity index (χ0n) is 13.3. The predicted molar refractivity (Wildman–Crippen MR) is 75.9 cm³/mol. The average molecular weight is 310 g/mol. The Kier molecular flexibility index (Phi) is 3.57. The molecule has 6 nitrogen and oxygen atoms in total. The number of hydrogen-bond acceptors (Lipinski definition) is 6. The molecule has 22 heavy (non-hydrogen) atoms. The van der Waals surface area contributed by atoms with Gasteiger partial charge in [-0.05, 0) is 20.8 Å². The van der Waals surface area contributed by atoms with Crippen LogP contribution in [0.1, 0.15) is 27.7 Å². The van der Waals surface area contributed by atoms with E-state index in [0.717, 1.165) is 0 Å². The minimum absolute atomic E-state index is 0.0666. The molecule has 3 rings (SSSR count). The monoisotopic (exact) mass is 310 g/mol. The van der Waals surface area contributed by atoms with Crippen LogP contribution < -0.4 is 0 Å². The highest BCUT2D eigenvalue weighted by Gasteiger charge is 2.69. The molecule has 0 aromatic heterocycles. The third kappa shape index (κ3) is 2.25. The van der Waals surface area contributed by atoms with Crippen molar-refractivity contribution in [3.8, 4) is 0 Å². The second-order valence-electron chi connectivity index (χ2n) is 6.90.